The Morgan fingerprint density at radius 1 is 1.50 bits per heavy atom. The van der Waals surface area contributed by atoms with E-state index in [1.165, 1.54) is 0 Å². The molecular weight excluding hydrogens is 280 g/mol. The molecule has 2 heterocycles. The first-order chi connectivity index (χ1) is 9.09. The van der Waals surface area contributed by atoms with Crippen LogP contribution in [0.3, 0.4) is 0 Å². The van der Waals surface area contributed by atoms with Crippen LogP contribution in [0, 0.1) is 0 Å². The molecule has 0 aliphatic carbocycles. The molecule has 0 aromatic carbocycles. The van der Waals surface area contributed by atoms with Crippen molar-refractivity contribution >= 4 is 18.3 Å². The van der Waals surface area contributed by atoms with Gasteiger partial charge in [-0.15, -0.1) is 12.4 Å². The molecule has 1 N–H and O–H groups in total. The average molecular weight is 307 g/mol. The number of carbonyl (C=O) groups excluding carboxylic acids is 1. The van der Waals surface area contributed by atoms with E-state index < -0.39 is 0 Å². The summed E-state index contributed by atoms with van der Waals surface area (Å²) in [6, 6.07) is 0.554. The van der Waals surface area contributed by atoms with Gasteiger partial charge in [-0.25, -0.2) is 0 Å². The van der Waals surface area contributed by atoms with E-state index in [1.807, 2.05) is 11.8 Å². The van der Waals surface area contributed by atoms with Gasteiger partial charge in [-0.2, -0.15) is 0 Å². The average Bonchev–Trinajstić information content (AvgIpc) is 2.91. The zero-order valence-corrected chi connectivity index (χ0v) is 13.4. The van der Waals surface area contributed by atoms with E-state index in [0.717, 1.165) is 32.5 Å². The number of ether oxygens (including phenoxy) is 2. The standard InChI is InChI=1S/C14H26N2O3.ClH/c1-10-11(2)16(7-6-15-10)14(17)12(3)19-9-13-5-4-8-18-13;/h10-13,15H,4-9H2,1-3H3;1H. The molecule has 4 unspecified atom stereocenters. The number of piperazine rings is 1. The van der Waals surface area contributed by atoms with Crippen molar-refractivity contribution in [2.75, 3.05) is 26.3 Å². The van der Waals surface area contributed by atoms with Crippen LogP contribution in [0.2, 0.25) is 0 Å². The van der Waals surface area contributed by atoms with Crippen molar-refractivity contribution in [3.8, 4) is 0 Å². The van der Waals surface area contributed by atoms with Gasteiger partial charge in [0.2, 0.25) is 0 Å². The molecule has 0 aromatic rings. The van der Waals surface area contributed by atoms with Crippen LogP contribution in [-0.2, 0) is 14.3 Å². The fraction of sp³-hybridized carbons (Fsp3) is 0.929. The van der Waals surface area contributed by atoms with Gasteiger partial charge < -0.3 is 19.7 Å². The maximum Gasteiger partial charge on any atom is 0.251 e. The van der Waals surface area contributed by atoms with Gasteiger partial charge in [0.15, 0.2) is 0 Å². The smallest absolute Gasteiger partial charge is 0.251 e. The summed E-state index contributed by atoms with van der Waals surface area (Å²) >= 11 is 0. The zero-order valence-electron chi connectivity index (χ0n) is 12.6. The quantitative estimate of drug-likeness (QED) is 0.848. The summed E-state index contributed by atoms with van der Waals surface area (Å²) in [6.45, 7) is 9.01. The minimum Gasteiger partial charge on any atom is -0.376 e. The van der Waals surface area contributed by atoms with E-state index in [0.29, 0.717) is 12.6 Å². The number of hydrogen-bond donors (Lipinski definition) is 1. The van der Waals surface area contributed by atoms with Gasteiger partial charge >= 0.3 is 0 Å². The Morgan fingerprint density at radius 3 is 2.90 bits per heavy atom. The van der Waals surface area contributed by atoms with Crippen LogP contribution < -0.4 is 5.32 Å². The van der Waals surface area contributed by atoms with Crippen molar-refractivity contribution in [3.05, 3.63) is 0 Å². The van der Waals surface area contributed by atoms with E-state index in [2.05, 4.69) is 19.2 Å². The molecule has 5 nitrogen and oxygen atoms in total. The molecule has 0 spiro atoms. The minimum absolute atomic E-state index is 0. The summed E-state index contributed by atoms with van der Waals surface area (Å²) in [5.74, 6) is 0.0962. The van der Waals surface area contributed by atoms with Gasteiger partial charge in [0.1, 0.15) is 6.10 Å². The van der Waals surface area contributed by atoms with Gasteiger partial charge in [-0.05, 0) is 33.6 Å². The monoisotopic (exact) mass is 306 g/mol. The molecule has 2 aliphatic rings. The van der Waals surface area contributed by atoms with E-state index >= 15 is 0 Å². The summed E-state index contributed by atoms with van der Waals surface area (Å²) < 4.78 is 11.2. The van der Waals surface area contributed by atoms with Crippen molar-refractivity contribution in [1.29, 1.82) is 0 Å². The number of carbonyl (C=O) groups is 1. The highest BCUT2D eigenvalue weighted by atomic mass is 35.5. The molecule has 0 saturated carbocycles. The van der Waals surface area contributed by atoms with Crippen LogP contribution in [0.25, 0.3) is 0 Å². The number of halogens is 1. The largest absolute Gasteiger partial charge is 0.376 e. The molecule has 2 aliphatic heterocycles. The SMILES string of the molecule is CC(OCC1CCCO1)C(=O)N1CCNC(C)C1C.Cl. The van der Waals surface area contributed by atoms with Crippen molar-refractivity contribution in [2.45, 2.75) is 57.9 Å². The van der Waals surface area contributed by atoms with Gasteiger partial charge in [-0.3, -0.25) is 4.79 Å². The first-order valence-electron chi connectivity index (χ1n) is 7.36. The number of nitrogens with zero attached hydrogens (tertiary/aromatic N) is 1. The molecule has 118 valence electrons. The number of nitrogens with one attached hydrogen (secondary N) is 1. The summed E-state index contributed by atoms with van der Waals surface area (Å²) in [4.78, 5) is 14.3. The molecule has 20 heavy (non-hydrogen) atoms. The maximum absolute atomic E-state index is 12.4. The third-order valence-corrected chi connectivity index (χ3v) is 4.22. The zero-order chi connectivity index (χ0) is 13.8. The normalized spacial score (nSPS) is 31.8. The first-order valence-corrected chi connectivity index (χ1v) is 7.36. The Morgan fingerprint density at radius 2 is 2.25 bits per heavy atom. The highest BCUT2D eigenvalue weighted by molar-refractivity contribution is 5.85. The number of amides is 1. The molecule has 0 bridgehead atoms. The van der Waals surface area contributed by atoms with E-state index in [-0.39, 0.29) is 36.6 Å². The summed E-state index contributed by atoms with van der Waals surface area (Å²) in [5.41, 5.74) is 0. The van der Waals surface area contributed by atoms with Crippen LogP contribution >= 0.6 is 12.4 Å². The Kier molecular flexibility index (Phi) is 7.23. The second-order valence-corrected chi connectivity index (χ2v) is 5.63. The topological polar surface area (TPSA) is 50.8 Å². The van der Waals surface area contributed by atoms with Crippen molar-refractivity contribution in [3.63, 3.8) is 0 Å². The third-order valence-electron chi connectivity index (χ3n) is 4.22. The fourth-order valence-corrected chi connectivity index (χ4v) is 2.70. The number of rotatable bonds is 4. The second-order valence-electron chi connectivity index (χ2n) is 5.63. The molecule has 4 atom stereocenters. The lowest BCUT2D eigenvalue weighted by atomic mass is 10.1. The lowest BCUT2D eigenvalue weighted by Crippen LogP contribution is -2.59. The predicted molar refractivity (Wildman–Crippen MR) is 80.3 cm³/mol. The summed E-state index contributed by atoms with van der Waals surface area (Å²) in [7, 11) is 0. The third kappa shape index (κ3) is 4.32. The molecule has 6 heteroatoms. The maximum atomic E-state index is 12.4. The Bertz CT molecular complexity index is 311. The van der Waals surface area contributed by atoms with Gasteiger partial charge in [-0.1, -0.05) is 0 Å². The second kappa shape index (κ2) is 8.17. The molecular formula is C14H27ClN2O3. The minimum atomic E-state index is -0.378. The van der Waals surface area contributed by atoms with Gasteiger partial charge in [0.05, 0.1) is 12.7 Å². The van der Waals surface area contributed by atoms with Crippen LogP contribution in [0.1, 0.15) is 33.6 Å². The molecule has 0 aromatic heterocycles. The van der Waals surface area contributed by atoms with Crippen molar-refractivity contribution in [1.82, 2.24) is 10.2 Å². The van der Waals surface area contributed by atoms with Gasteiger partial charge in [0, 0.05) is 31.8 Å². The molecule has 0 radical (unpaired) electrons. The lowest BCUT2D eigenvalue weighted by molar-refractivity contribution is -0.148. The van der Waals surface area contributed by atoms with E-state index in [1.54, 1.807) is 0 Å². The molecule has 2 saturated heterocycles. The Labute approximate surface area is 127 Å². The highest BCUT2D eigenvalue weighted by Crippen LogP contribution is 2.15. The van der Waals surface area contributed by atoms with Crippen LogP contribution in [-0.4, -0.2) is 61.4 Å². The Hall–Kier alpha value is -0.360. The van der Waals surface area contributed by atoms with E-state index in [4.69, 9.17) is 9.47 Å². The van der Waals surface area contributed by atoms with Crippen molar-refractivity contribution in [2.24, 2.45) is 0 Å². The Balaban J connectivity index is 0.00000200. The van der Waals surface area contributed by atoms with Crippen LogP contribution in [0.15, 0.2) is 0 Å². The molecule has 2 fully saturated rings. The van der Waals surface area contributed by atoms with Gasteiger partial charge in [0.25, 0.3) is 5.91 Å². The molecule has 2 rings (SSSR count). The lowest BCUT2D eigenvalue weighted by Gasteiger charge is -2.39. The highest BCUT2D eigenvalue weighted by Gasteiger charge is 2.31. The van der Waals surface area contributed by atoms with Crippen molar-refractivity contribution < 1.29 is 14.3 Å². The molecule has 1 amide bonds. The predicted octanol–water partition coefficient (Wildman–Crippen LogP) is 1.20. The van der Waals surface area contributed by atoms with Crippen LogP contribution in [0.5, 0.6) is 0 Å². The fourth-order valence-electron chi connectivity index (χ4n) is 2.70. The summed E-state index contributed by atoms with van der Waals surface area (Å²) in [6.07, 6.45) is 1.94. The first kappa shape index (κ1) is 17.7. The van der Waals surface area contributed by atoms with E-state index in [9.17, 15) is 4.79 Å². The summed E-state index contributed by atoms with van der Waals surface area (Å²) in [5, 5.41) is 3.38. The van der Waals surface area contributed by atoms with Crippen LogP contribution in [0.4, 0.5) is 0 Å². The number of hydrogen-bond acceptors (Lipinski definition) is 4.